The van der Waals surface area contributed by atoms with Crippen molar-refractivity contribution in [3.8, 4) is 0 Å². The molecular weight excluding hydrogens is 332 g/mol. The Balaban J connectivity index is 1.71. The van der Waals surface area contributed by atoms with Crippen molar-refractivity contribution in [3.05, 3.63) is 5.82 Å². The van der Waals surface area contributed by atoms with E-state index in [1.54, 1.807) is 0 Å². The summed E-state index contributed by atoms with van der Waals surface area (Å²) in [7, 11) is 3.74. The van der Waals surface area contributed by atoms with E-state index >= 15 is 0 Å². The van der Waals surface area contributed by atoms with Crippen LogP contribution in [0.3, 0.4) is 0 Å². The molecule has 2 fully saturated rings. The summed E-state index contributed by atoms with van der Waals surface area (Å²) >= 11 is 0. The van der Waals surface area contributed by atoms with Gasteiger partial charge in [0.05, 0.1) is 12.5 Å². The van der Waals surface area contributed by atoms with E-state index in [2.05, 4.69) is 19.9 Å². The maximum atomic E-state index is 12.7. The summed E-state index contributed by atoms with van der Waals surface area (Å²) in [6.45, 7) is 7.87. The van der Waals surface area contributed by atoms with Gasteiger partial charge in [0.25, 0.3) is 0 Å². The van der Waals surface area contributed by atoms with Crippen LogP contribution in [-0.4, -0.2) is 58.6 Å². The van der Waals surface area contributed by atoms with E-state index < -0.39 is 5.60 Å². The fourth-order valence-electron chi connectivity index (χ4n) is 3.57. The summed E-state index contributed by atoms with van der Waals surface area (Å²) < 4.78 is 5.66. The zero-order chi connectivity index (χ0) is 19.1. The van der Waals surface area contributed by atoms with Crippen LogP contribution in [0.15, 0.2) is 0 Å². The molecule has 3 rings (SSSR count). The maximum absolute atomic E-state index is 12.7. The Hall–Kier alpha value is -1.96. The van der Waals surface area contributed by atoms with Crippen LogP contribution in [0.25, 0.3) is 0 Å². The first-order valence-electron chi connectivity index (χ1n) is 9.25. The quantitative estimate of drug-likeness (QED) is 0.783. The minimum absolute atomic E-state index is 0.0748. The van der Waals surface area contributed by atoms with Gasteiger partial charge in [-0.05, 0) is 45.4 Å². The largest absolute Gasteiger partial charge is 0.460 e. The van der Waals surface area contributed by atoms with E-state index in [4.69, 9.17) is 10.5 Å². The molecule has 0 amide bonds. The Labute approximate surface area is 155 Å². The number of nitrogens with two attached hydrogens (primary N) is 1. The molecule has 1 aromatic rings. The fraction of sp³-hybridized carbons (Fsp3) is 0.778. The number of aromatic nitrogens is 3. The SMILES string of the molecule is CN(C)c1nc(N)nc(CN2C[C@@H](C(=O)OC(C)(C)C)[C@H](C3CC3)C2)n1. The van der Waals surface area contributed by atoms with Gasteiger partial charge < -0.3 is 15.4 Å². The van der Waals surface area contributed by atoms with Gasteiger partial charge in [0.1, 0.15) is 11.4 Å². The van der Waals surface area contributed by atoms with Crippen molar-refractivity contribution in [2.24, 2.45) is 17.8 Å². The summed E-state index contributed by atoms with van der Waals surface area (Å²) in [5.41, 5.74) is 5.36. The Morgan fingerprint density at radius 1 is 1.23 bits per heavy atom. The molecule has 1 aliphatic carbocycles. The minimum Gasteiger partial charge on any atom is -0.460 e. The van der Waals surface area contributed by atoms with Crippen molar-refractivity contribution < 1.29 is 9.53 Å². The third kappa shape index (κ3) is 4.60. The van der Waals surface area contributed by atoms with Gasteiger partial charge in [-0.25, -0.2) is 0 Å². The summed E-state index contributed by atoms with van der Waals surface area (Å²) in [6.07, 6.45) is 2.42. The van der Waals surface area contributed by atoms with Gasteiger partial charge in [0.2, 0.25) is 11.9 Å². The Bertz CT molecular complexity index is 668. The molecule has 0 bridgehead atoms. The second-order valence-corrected chi connectivity index (χ2v) is 8.64. The average Bonchev–Trinajstić information content (AvgIpc) is 3.26. The lowest BCUT2D eigenvalue weighted by Crippen LogP contribution is -2.33. The Kier molecular flexibility index (Phi) is 5.05. The molecule has 144 valence electrons. The lowest BCUT2D eigenvalue weighted by atomic mass is 9.91. The highest BCUT2D eigenvalue weighted by Gasteiger charge is 2.46. The van der Waals surface area contributed by atoms with Crippen molar-refractivity contribution in [2.75, 3.05) is 37.8 Å². The molecule has 0 unspecified atom stereocenters. The number of carbonyl (C=O) groups is 1. The molecule has 1 saturated carbocycles. The first kappa shape index (κ1) is 18.8. The van der Waals surface area contributed by atoms with Crippen LogP contribution < -0.4 is 10.6 Å². The summed E-state index contributed by atoms with van der Waals surface area (Å²) in [6, 6.07) is 0. The monoisotopic (exact) mass is 362 g/mol. The first-order valence-corrected chi connectivity index (χ1v) is 9.25. The minimum atomic E-state index is -0.456. The normalized spacial score (nSPS) is 23.9. The highest BCUT2D eigenvalue weighted by Crippen LogP contribution is 2.44. The van der Waals surface area contributed by atoms with Gasteiger partial charge in [-0.2, -0.15) is 15.0 Å². The Morgan fingerprint density at radius 2 is 1.92 bits per heavy atom. The molecule has 0 radical (unpaired) electrons. The van der Waals surface area contributed by atoms with E-state index in [1.807, 2.05) is 39.8 Å². The molecule has 1 aromatic heterocycles. The van der Waals surface area contributed by atoms with Crippen molar-refractivity contribution in [1.29, 1.82) is 0 Å². The second kappa shape index (κ2) is 6.98. The topological polar surface area (TPSA) is 97.5 Å². The molecule has 2 N–H and O–H groups in total. The van der Waals surface area contributed by atoms with Gasteiger partial charge in [-0.1, -0.05) is 0 Å². The van der Waals surface area contributed by atoms with Gasteiger partial charge in [-0.3, -0.25) is 9.69 Å². The standard InChI is InChI=1S/C18H30N6O2/c1-18(2,3)26-15(25)13-9-24(8-12(13)11-6-7-11)10-14-20-16(19)22-17(21-14)23(4)5/h11-13H,6-10H2,1-5H3,(H2,19,20,21,22)/t12-,13+/m0/s1. The third-order valence-electron chi connectivity index (χ3n) is 4.83. The molecule has 2 heterocycles. The number of nitrogen functional groups attached to an aromatic ring is 1. The molecule has 0 aromatic carbocycles. The lowest BCUT2D eigenvalue weighted by Gasteiger charge is -2.24. The van der Waals surface area contributed by atoms with Crippen LogP contribution in [0.4, 0.5) is 11.9 Å². The van der Waals surface area contributed by atoms with Crippen LogP contribution in [0.5, 0.6) is 0 Å². The highest BCUT2D eigenvalue weighted by molar-refractivity contribution is 5.74. The number of esters is 1. The number of hydrogen-bond donors (Lipinski definition) is 1. The lowest BCUT2D eigenvalue weighted by molar-refractivity contribution is -0.161. The number of ether oxygens (including phenoxy) is 1. The third-order valence-corrected chi connectivity index (χ3v) is 4.83. The van der Waals surface area contributed by atoms with Gasteiger partial charge in [-0.15, -0.1) is 0 Å². The second-order valence-electron chi connectivity index (χ2n) is 8.64. The fourth-order valence-corrected chi connectivity index (χ4v) is 3.57. The molecule has 0 spiro atoms. The van der Waals surface area contributed by atoms with Gasteiger partial charge in [0, 0.05) is 27.2 Å². The smallest absolute Gasteiger partial charge is 0.311 e. The molecular formula is C18H30N6O2. The van der Waals surface area contributed by atoms with Gasteiger partial charge >= 0.3 is 5.97 Å². The number of hydrogen-bond acceptors (Lipinski definition) is 8. The van der Waals surface area contributed by atoms with Crippen molar-refractivity contribution in [3.63, 3.8) is 0 Å². The maximum Gasteiger partial charge on any atom is 0.311 e. The number of likely N-dealkylation sites (tertiary alicyclic amines) is 1. The van der Waals surface area contributed by atoms with Crippen molar-refractivity contribution >= 4 is 17.9 Å². The van der Waals surface area contributed by atoms with E-state index in [9.17, 15) is 4.79 Å². The molecule has 2 atom stereocenters. The van der Waals surface area contributed by atoms with E-state index in [0.717, 1.165) is 6.54 Å². The molecule has 26 heavy (non-hydrogen) atoms. The highest BCUT2D eigenvalue weighted by atomic mass is 16.6. The first-order chi connectivity index (χ1) is 12.1. The number of nitrogens with zero attached hydrogens (tertiary/aromatic N) is 5. The summed E-state index contributed by atoms with van der Waals surface area (Å²) in [5.74, 6) is 2.25. The van der Waals surface area contributed by atoms with Crippen LogP contribution in [0.2, 0.25) is 0 Å². The summed E-state index contributed by atoms with van der Waals surface area (Å²) in [4.78, 5) is 29.6. The predicted molar refractivity (Wildman–Crippen MR) is 99.4 cm³/mol. The van der Waals surface area contributed by atoms with E-state index in [0.29, 0.717) is 36.7 Å². The molecule has 8 nitrogen and oxygen atoms in total. The van der Waals surface area contributed by atoms with E-state index in [1.165, 1.54) is 12.8 Å². The van der Waals surface area contributed by atoms with Crippen LogP contribution in [0.1, 0.15) is 39.4 Å². The summed E-state index contributed by atoms with van der Waals surface area (Å²) in [5, 5.41) is 0. The number of rotatable bonds is 5. The Morgan fingerprint density at radius 3 is 2.50 bits per heavy atom. The molecule has 1 aliphatic heterocycles. The van der Waals surface area contributed by atoms with Crippen molar-refractivity contribution in [2.45, 2.75) is 45.8 Å². The van der Waals surface area contributed by atoms with Crippen molar-refractivity contribution in [1.82, 2.24) is 19.9 Å². The zero-order valence-corrected chi connectivity index (χ0v) is 16.4. The van der Waals surface area contributed by atoms with E-state index in [-0.39, 0.29) is 17.8 Å². The van der Waals surface area contributed by atoms with Crippen LogP contribution in [0, 0.1) is 17.8 Å². The number of anilines is 2. The van der Waals surface area contributed by atoms with Gasteiger partial charge in [0.15, 0.2) is 0 Å². The molecule has 2 aliphatic rings. The average molecular weight is 362 g/mol. The predicted octanol–water partition coefficient (Wildman–Crippen LogP) is 1.32. The van der Waals surface area contributed by atoms with Crippen LogP contribution in [-0.2, 0) is 16.1 Å². The van der Waals surface area contributed by atoms with Crippen LogP contribution >= 0.6 is 0 Å². The molecule has 1 saturated heterocycles. The zero-order valence-electron chi connectivity index (χ0n) is 16.4. The molecule has 8 heteroatoms. The number of carbonyl (C=O) groups excluding carboxylic acids is 1.